The van der Waals surface area contributed by atoms with E-state index in [1.54, 1.807) is 37.3 Å². The molecule has 1 aromatic heterocycles. The number of ether oxygens (including phenoxy) is 1. The Hall–Kier alpha value is -3.07. The molecule has 1 aromatic carbocycles. The number of pyridine rings is 1. The van der Waals surface area contributed by atoms with Gasteiger partial charge in [0.1, 0.15) is 5.82 Å². The van der Waals surface area contributed by atoms with Crippen molar-refractivity contribution in [2.75, 3.05) is 12.3 Å². The fourth-order valence-electron chi connectivity index (χ4n) is 2.40. The van der Waals surface area contributed by atoms with Crippen molar-refractivity contribution >= 4 is 11.7 Å². The lowest BCUT2D eigenvalue weighted by atomic mass is 10.1. The number of carbonyl (C=O) groups excluding carboxylic acids is 1. The van der Waals surface area contributed by atoms with Crippen molar-refractivity contribution in [3.8, 4) is 17.6 Å². The maximum Gasteiger partial charge on any atom is 0.255 e. The molecule has 0 unspecified atom stereocenters. The average molecular weight is 369 g/mol. The van der Waals surface area contributed by atoms with Crippen molar-refractivity contribution in [3.05, 3.63) is 53.0 Å². The summed E-state index contributed by atoms with van der Waals surface area (Å²) in [5, 5.41) is 2.66. The normalized spacial score (nSPS) is 10.0. The summed E-state index contributed by atoms with van der Waals surface area (Å²) in [4.78, 5) is 16.3. The Morgan fingerprint density at radius 3 is 2.85 bits per heavy atom. The zero-order valence-electron chi connectivity index (χ0n) is 15.6. The third kappa shape index (κ3) is 6.00. The van der Waals surface area contributed by atoms with Crippen LogP contribution in [0.15, 0.2) is 30.3 Å². The van der Waals surface area contributed by atoms with Crippen LogP contribution < -0.4 is 15.8 Å². The summed E-state index contributed by atoms with van der Waals surface area (Å²) < 4.78 is 20.0. The number of aromatic nitrogens is 1. The Balaban J connectivity index is 1.93. The van der Waals surface area contributed by atoms with Gasteiger partial charge in [-0.2, -0.15) is 0 Å². The zero-order chi connectivity index (χ0) is 19.6. The second-order valence-electron chi connectivity index (χ2n) is 5.96. The molecule has 0 aliphatic heterocycles. The zero-order valence-corrected chi connectivity index (χ0v) is 15.6. The number of aryl methyl sites for hydroxylation is 1. The molecule has 0 aliphatic carbocycles. The first-order valence-corrected chi connectivity index (χ1v) is 8.90. The van der Waals surface area contributed by atoms with Gasteiger partial charge in [0.15, 0.2) is 11.6 Å². The van der Waals surface area contributed by atoms with Gasteiger partial charge in [0, 0.05) is 30.6 Å². The summed E-state index contributed by atoms with van der Waals surface area (Å²) in [7, 11) is 0. The van der Waals surface area contributed by atoms with Crippen molar-refractivity contribution in [2.24, 2.45) is 0 Å². The molecular weight excluding hydrogens is 345 g/mol. The van der Waals surface area contributed by atoms with Crippen LogP contribution in [0.4, 0.5) is 10.2 Å². The van der Waals surface area contributed by atoms with Gasteiger partial charge in [0.2, 0.25) is 0 Å². The van der Waals surface area contributed by atoms with Crippen LogP contribution in [0.3, 0.4) is 0 Å². The predicted molar refractivity (Wildman–Crippen MR) is 104 cm³/mol. The minimum atomic E-state index is -0.479. The van der Waals surface area contributed by atoms with Crippen LogP contribution in [0.25, 0.3) is 0 Å². The van der Waals surface area contributed by atoms with Crippen molar-refractivity contribution in [1.82, 2.24) is 10.3 Å². The molecule has 0 bridgehead atoms. The summed E-state index contributed by atoms with van der Waals surface area (Å²) in [6, 6.07) is 8.17. The first kappa shape index (κ1) is 20.2. The van der Waals surface area contributed by atoms with E-state index in [1.807, 2.05) is 6.92 Å². The molecule has 6 heteroatoms. The summed E-state index contributed by atoms with van der Waals surface area (Å²) in [6.07, 6.45) is 2.28. The Labute approximate surface area is 159 Å². The molecule has 0 aliphatic rings. The smallest absolute Gasteiger partial charge is 0.255 e. The number of amides is 1. The van der Waals surface area contributed by atoms with Crippen LogP contribution in [0.2, 0.25) is 0 Å². The van der Waals surface area contributed by atoms with Crippen LogP contribution in [0.5, 0.6) is 5.75 Å². The number of unbranched alkanes of at least 4 members (excludes halogenated alkanes) is 1. The summed E-state index contributed by atoms with van der Waals surface area (Å²) in [5.74, 6) is 5.43. The molecule has 0 saturated carbocycles. The van der Waals surface area contributed by atoms with Crippen molar-refractivity contribution in [3.63, 3.8) is 0 Å². The van der Waals surface area contributed by atoms with E-state index < -0.39 is 11.7 Å². The van der Waals surface area contributed by atoms with E-state index in [9.17, 15) is 9.18 Å². The lowest BCUT2D eigenvalue weighted by molar-refractivity contribution is 0.0951. The molecule has 0 atom stereocenters. The number of nitrogens with zero attached hydrogens (tertiary/aromatic N) is 1. The van der Waals surface area contributed by atoms with Gasteiger partial charge < -0.3 is 15.8 Å². The third-order valence-corrected chi connectivity index (χ3v) is 3.80. The maximum absolute atomic E-state index is 14.5. The van der Waals surface area contributed by atoms with E-state index in [-0.39, 0.29) is 23.7 Å². The number of nitrogens with one attached hydrogen (secondary N) is 1. The molecular formula is C21H24FN3O2. The molecule has 5 nitrogen and oxygen atoms in total. The molecule has 27 heavy (non-hydrogen) atoms. The fourth-order valence-corrected chi connectivity index (χ4v) is 2.40. The number of hydrogen-bond donors (Lipinski definition) is 2. The highest BCUT2D eigenvalue weighted by molar-refractivity contribution is 5.98. The van der Waals surface area contributed by atoms with E-state index in [2.05, 4.69) is 22.1 Å². The summed E-state index contributed by atoms with van der Waals surface area (Å²) in [5.41, 5.74) is 7.09. The Morgan fingerprint density at radius 1 is 1.30 bits per heavy atom. The van der Waals surface area contributed by atoms with Gasteiger partial charge in [0.05, 0.1) is 12.2 Å². The largest absolute Gasteiger partial charge is 0.490 e. The number of benzene rings is 1. The van der Waals surface area contributed by atoms with E-state index in [1.165, 1.54) is 0 Å². The highest BCUT2D eigenvalue weighted by Crippen LogP contribution is 2.21. The minimum Gasteiger partial charge on any atom is -0.490 e. The van der Waals surface area contributed by atoms with Crippen LogP contribution in [-0.4, -0.2) is 17.5 Å². The van der Waals surface area contributed by atoms with Gasteiger partial charge in [0.25, 0.3) is 5.91 Å². The molecule has 0 radical (unpaired) electrons. The van der Waals surface area contributed by atoms with Crippen molar-refractivity contribution < 1.29 is 13.9 Å². The predicted octanol–water partition coefficient (Wildman–Crippen LogP) is 3.61. The number of nitrogen functional groups attached to an aromatic ring is 1. The maximum atomic E-state index is 14.5. The Morgan fingerprint density at radius 2 is 2.11 bits per heavy atom. The van der Waals surface area contributed by atoms with E-state index >= 15 is 0 Å². The minimum absolute atomic E-state index is 0.0250. The molecule has 3 N–H and O–H groups in total. The lowest BCUT2D eigenvalue weighted by Crippen LogP contribution is -2.24. The Kier molecular flexibility index (Phi) is 7.63. The molecule has 142 valence electrons. The third-order valence-electron chi connectivity index (χ3n) is 3.80. The number of rotatable bonds is 7. The second kappa shape index (κ2) is 10.2. The molecule has 0 spiro atoms. The molecule has 1 amide bonds. The van der Waals surface area contributed by atoms with Crippen LogP contribution in [0, 0.1) is 24.6 Å². The Bertz CT molecular complexity index is 856. The lowest BCUT2D eigenvalue weighted by Gasteiger charge is -2.11. The van der Waals surface area contributed by atoms with Crippen LogP contribution in [0.1, 0.15) is 47.8 Å². The van der Waals surface area contributed by atoms with E-state index in [0.717, 1.165) is 25.0 Å². The monoisotopic (exact) mass is 369 g/mol. The van der Waals surface area contributed by atoms with E-state index in [0.29, 0.717) is 12.2 Å². The van der Waals surface area contributed by atoms with Gasteiger partial charge >= 0.3 is 0 Å². The SMILES string of the molecule is CCC#CCCCOc1cccc(CNC(=O)c2ccc(C)nc2N)c1F. The van der Waals surface area contributed by atoms with Crippen LogP contribution >= 0.6 is 0 Å². The highest BCUT2D eigenvalue weighted by atomic mass is 19.1. The van der Waals surface area contributed by atoms with Crippen molar-refractivity contribution in [2.45, 2.75) is 39.7 Å². The average Bonchev–Trinajstić information content (AvgIpc) is 2.64. The number of halogens is 1. The molecule has 2 rings (SSSR count). The first-order chi connectivity index (χ1) is 13.0. The number of nitrogens with two attached hydrogens (primary N) is 1. The molecule has 2 aromatic rings. The molecule has 0 fully saturated rings. The summed E-state index contributed by atoms with van der Waals surface area (Å²) in [6.45, 7) is 4.19. The van der Waals surface area contributed by atoms with Crippen molar-refractivity contribution in [1.29, 1.82) is 0 Å². The quantitative estimate of drug-likeness (QED) is 0.577. The standard InChI is InChI=1S/C21H24FN3O2/c1-3-4-5-6-7-13-27-18-10-8-9-16(19(18)22)14-24-21(26)17-12-11-15(2)25-20(17)23/h8-12H,3,6-7,13-14H2,1-2H3,(H2,23,25)(H,24,26). The number of anilines is 1. The number of hydrogen-bond acceptors (Lipinski definition) is 4. The van der Waals surface area contributed by atoms with E-state index in [4.69, 9.17) is 10.5 Å². The van der Waals surface area contributed by atoms with Crippen LogP contribution in [-0.2, 0) is 6.54 Å². The summed E-state index contributed by atoms with van der Waals surface area (Å²) >= 11 is 0. The highest BCUT2D eigenvalue weighted by Gasteiger charge is 2.13. The number of carbonyl (C=O) groups is 1. The topological polar surface area (TPSA) is 77.2 Å². The second-order valence-corrected chi connectivity index (χ2v) is 5.96. The molecule has 1 heterocycles. The van der Waals surface area contributed by atoms with Gasteiger partial charge in [-0.05, 0) is 31.5 Å². The first-order valence-electron chi connectivity index (χ1n) is 8.90. The molecule has 0 saturated heterocycles. The van der Waals surface area contributed by atoms with Gasteiger partial charge in [-0.25, -0.2) is 9.37 Å². The van der Waals surface area contributed by atoms with Gasteiger partial charge in [-0.15, -0.1) is 11.8 Å². The van der Waals surface area contributed by atoms with Gasteiger partial charge in [-0.1, -0.05) is 19.1 Å². The van der Waals surface area contributed by atoms with Gasteiger partial charge in [-0.3, -0.25) is 4.79 Å². The fraction of sp³-hybridized carbons (Fsp3) is 0.333.